The molecular weight excluding hydrogens is 404 g/mol. The molecule has 0 aliphatic heterocycles. The van der Waals surface area contributed by atoms with Crippen LogP contribution in [0.4, 0.5) is 5.69 Å². The molecule has 6 heteroatoms. The zero-order chi connectivity index (χ0) is 21.2. The van der Waals surface area contributed by atoms with E-state index in [1.54, 1.807) is 4.57 Å². The van der Waals surface area contributed by atoms with Gasteiger partial charge in [-0.2, -0.15) is 0 Å². The lowest BCUT2D eigenvalue weighted by Crippen LogP contribution is -2.25. The van der Waals surface area contributed by atoms with Gasteiger partial charge in [-0.25, -0.2) is 14.5 Å². The highest BCUT2D eigenvalue weighted by molar-refractivity contribution is 7.17. The summed E-state index contributed by atoms with van der Waals surface area (Å²) in [7, 11) is 0. The van der Waals surface area contributed by atoms with E-state index < -0.39 is 0 Å². The first-order valence-electron chi connectivity index (χ1n) is 10.0. The van der Waals surface area contributed by atoms with E-state index in [1.165, 1.54) is 16.9 Å². The third kappa shape index (κ3) is 3.85. The zero-order valence-corrected chi connectivity index (χ0v) is 17.8. The van der Waals surface area contributed by atoms with E-state index in [2.05, 4.69) is 29.4 Å². The van der Waals surface area contributed by atoms with Gasteiger partial charge < -0.3 is 5.32 Å². The summed E-state index contributed by atoms with van der Waals surface area (Å²) in [4.78, 5) is 23.8. The molecule has 5 rings (SSSR count). The number of nitrogens with one attached hydrogen (secondary N) is 1. The molecule has 0 aliphatic rings. The summed E-state index contributed by atoms with van der Waals surface area (Å²) in [5, 5.41) is 4.58. The molecule has 152 valence electrons. The highest BCUT2D eigenvalue weighted by Crippen LogP contribution is 2.28. The fourth-order valence-electron chi connectivity index (χ4n) is 3.45. The zero-order valence-electron chi connectivity index (χ0n) is 16.9. The Labute approximate surface area is 183 Å². The van der Waals surface area contributed by atoms with Crippen LogP contribution in [-0.4, -0.2) is 14.5 Å². The molecule has 5 aromatic rings. The summed E-state index contributed by atoms with van der Waals surface area (Å²) >= 11 is 1.48. The van der Waals surface area contributed by atoms with Gasteiger partial charge >= 0.3 is 0 Å². The van der Waals surface area contributed by atoms with Gasteiger partial charge in [-0.15, -0.1) is 0 Å². The molecule has 0 bridgehead atoms. The summed E-state index contributed by atoms with van der Waals surface area (Å²) < 4.78 is 1.63. The van der Waals surface area contributed by atoms with E-state index in [9.17, 15) is 4.79 Å². The summed E-state index contributed by atoms with van der Waals surface area (Å²) in [6.07, 6.45) is 1.81. The number of benzene rings is 3. The smallest absolute Gasteiger partial charge is 0.267 e. The Morgan fingerprint density at radius 3 is 2.48 bits per heavy atom. The van der Waals surface area contributed by atoms with E-state index in [4.69, 9.17) is 4.98 Å². The highest BCUT2D eigenvalue weighted by atomic mass is 32.1. The molecular formula is C25H20N4OS. The van der Waals surface area contributed by atoms with Crippen molar-refractivity contribution in [3.63, 3.8) is 0 Å². The van der Waals surface area contributed by atoms with E-state index >= 15 is 0 Å². The molecule has 3 aromatic carbocycles. The highest BCUT2D eigenvalue weighted by Gasteiger charge is 2.16. The van der Waals surface area contributed by atoms with Gasteiger partial charge in [0.05, 0.1) is 22.3 Å². The minimum Gasteiger partial charge on any atom is -0.378 e. The van der Waals surface area contributed by atoms with Crippen molar-refractivity contribution in [3.8, 4) is 15.6 Å². The van der Waals surface area contributed by atoms with Crippen LogP contribution >= 0.6 is 11.3 Å². The average Bonchev–Trinajstić information content (AvgIpc) is 3.29. The summed E-state index contributed by atoms with van der Waals surface area (Å²) in [5.41, 5.74) is 3.82. The maximum atomic E-state index is 13.4. The standard InChI is InChI=1S/C25H20N4OS/c1-17-11-13-19(14-12-17)26-16-23-28-21-10-6-5-9-20(21)24(30)29(23)25-27-15-22(31-25)18-7-3-2-4-8-18/h2-15,26H,16H2,1H3. The Kier molecular flexibility index (Phi) is 5.06. The van der Waals surface area contributed by atoms with Crippen LogP contribution in [0.15, 0.2) is 89.9 Å². The molecule has 0 aliphatic carbocycles. The minimum absolute atomic E-state index is 0.111. The second-order valence-corrected chi connectivity index (χ2v) is 8.29. The number of hydrogen-bond donors (Lipinski definition) is 1. The predicted molar refractivity (Wildman–Crippen MR) is 127 cm³/mol. The van der Waals surface area contributed by atoms with E-state index in [1.807, 2.05) is 72.9 Å². The third-order valence-corrected chi connectivity index (χ3v) is 6.12. The topological polar surface area (TPSA) is 59.8 Å². The maximum absolute atomic E-state index is 13.4. The van der Waals surface area contributed by atoms with Gasteiger partial charge in [0, 0.05) is 11.9 Å². The van der Waals surface area contributed by atoms with Crippen molar-refractivity contribution in [3.05, 3.63) is 107 Å². The number of fused-ring (bicyclic) bond motifs is 1. The van der Waals surface area contributed by atoms with Gasteiger partial charge in [-0.3, -0.25) is 4.79 Å². The minimum atomic E-state index is -0.111. The van der Waals surface area contributed by atoms with Crippen molar-refractivity contribution in [2.45, 2.75) is 13.5 Å². The lowest BCUT2D eigenvalue weighted by molar-refractivity contribution is 0.833. The number of thiazole rings is 1. The molecule has 0 fully saturated rings. The lowest BCUT2D eigenvalue weighted by atomic mass is 10.2. The Morgan fingerprint density at radius 1 is 0.935 bits per heavy atom. The Hall–Kier alpha value is -3.77. The Morgan fingerprint density at radius 2 is 1.68 bits per heavy atom. The third-order valence-electron chi connectivity index (χ3n) is 5.09. The molecule has 2 heterocycles. The van der Waals surface area contributed by atoms with Crippen molar-refractivity contribution in [2.75, 3.05) is 5.32 Å². The molecule has 0 spiro atoms. The van der Waals surface area contributed by atoms with Gasteiger partial charge in [0.25, 0.3) is 5.56 Å². The molecule has 31 heavy (non-hydrogen) atoms. The van der Waals surface area contributed by atoms with Gasteiger partial charge in [0.1, 0.15) is 5.82 Å². The average molecular weight is 425 g/mol. The van der Waals surface area contributed by atoms with Crippen molar-refractivity contribution in [2.24, 2.45) is 0 Å². The second kappa shape index (κ2) is 8.16. The van der Waals surface area contributed by atoms with Crippen LogP contribution in [0.3, 0.4) is 0 Å². The Bertz CT molecular complexity index is 1410. The largest absolute Gasteiger partial charge is 0.378 e. The normalized spacial score (nSPS) is 11.0. The first-order valence-corrected chi connectivity index (χ1v) is 10.8. The van der Waals surface area contributed by atoms with Crippen LogP contribution < -0.4 is 10.9 Å². The van der Waals surface area contributed by atoms with Crippen LogP contribution in [0.1, 0.15) is 11.4 Å². The number of nitrogens with zero attached hydrogens (tertiary/aromatic N) is 3. The summed E-state index contributed by atoms with van der Waals surface area (Å²) in [6.45, 7) is 2.46. The number of aryl methyl sites for hydroxylation is 1. The van der Waals surface area contributed by atoms with E-state index in [0.29, 0.717) is 28.4 Å². The summed E-state index contributed by atoms with van der Waals surface area (Å²) in [6, 6.07) is 25.6. The monoisotopic (exact) mass is 424 g/mol. The summed E-state index contributed by atoms with van der Waals surface area (Å²) in [5.74, 6) is 0.623. The number of rotatable bonds is 5. The van der Waals surface area contributed by atoms with Gasteiger partial charge in [0.15, 0.2) is 5.13 Å². The molecule has 5 nitrogen and oxygen atoms in total. The first-order chi connectivity index (χ1) is 15.2. The molecule has 0 amide bonds. The Balaban J connectivity index is 1.59. The molecule has 0 unspecified atom stereocenters. The number of para-hydroxylation sites is 1. The second-order valence-electron chi connectivity index (χ2n) is 7.28. The number of aromatic nitrogens is 3. The SMILES string of the molecule is Cc1ccc(NCc2nc3ccccc3c(=O)n2-c2ncc(-c3ccccc3)s2)cc1. The van der Waals surface area contributed by atoms with Gasteiger partial charge in [-0.05, 0) is 36.8 Å². The van der Waals surface area contributed by atoms with Crippen molar-refractivity contribution < 1.29 is 0 Å². The quantitative estimate of drug-likeness (QED) is 0.409. The fraction of sp³-hybridized carbons (Fsp3) is 0.0800. The number of anilines is 1. The van der Waals surface area contributed by atoms with Crippen molar-refractivity contribution in [1.82, 2.24) is 14.5 Å². The molecule has 2 aromatic heterocycles. The molecule has 0 radical (unpaired) electrons. The molecule has 1 N–H and O–H groups in total. The first kappa shape index (κ1) is 19.2. The van der Waals surface area contributed by atoms with Crippen LogP contribution in [0.2, 0.25) is 0 Å². The van der Waals surface area contributed by atoms with Crippen LogP contribution in [0, 0.1) is 6.92 Å². The molecule has 0 atom stereocenters. The van der Waals surface area contributed by atoms with Crippen molar-refractivity contribution in [1.29, 1.82) is 0 Å². The predicted octanol–water partition coefficient (Wildman–Crippen LogP) is 5.43. The maximum Gasteiger partial charge on any atom is 0.267 e. The van der Waals surface area contributed by atoms with Crippen LogP contribution in [0.5, 0.6) is 0 Å². The van der Waals surface area contributed by atoms with Gasteiger partial charge in [0.2, 0.25) is 0 Å². The number of hydrogen-bond acceptors (Lipinski definition) is 5. The van der Waals surface area contributed by atoms with Crippen LogP contribution in [-0.2, 0) is 6.54 Å². The molecule has 0 saturated carbocycles. The fourth-order valence-corrected chi connectivity index (χ4v) is 4.39. The lowest BCUT2D eigenvalue weighted by Gasteiger charge is -2.13. The van der Waals surface area contributed by atoms with E-state index in [-0.39, 0.29) is 5.56 Å². The van der Waals surface area contributed by atoms with E-state index in [0.717, 1.165) is 16.1 Å². The van der Waals surface area contributed by atoms with Crippen molar-refractivity contribution >= 4 is 27.9 Å². The molecule has 0 saturated heterocycles. The van der Waals surface area contributed by atoms with Crippen LogP contribution in [0.25, 0.3) is 26.5 Å². The van der Waals surface area contributed by atoms with Gasteiger partial charge in [-0.1, -0.05) is 71.5 Å².